The van der Waals surface area contributed by atoms with Crippen LogP contribution in [0, 0.1) is 23.7 Å². The second kappa shape index (κ2) is 8.41. The van der Waals surface area contributed by atoms with Gasteiger partial charge in [-0.1, -0.05) is 44.9 Å². The summed E-state index contributed by atoms with van der Waals surface area (Å²) in [6.45, 7) is -0.207. The Morgan fingerprint density at radius 1 is 0.957 bits per heavy atom. The van der Waals surface area contributed by atoms with Crippen molar-refractivity contribution in [2.45, 2.75) is 57.8 Å². The smallest absolute Gasteiger partial charge is 0.312 e. The van der Waals surface area contributed by atoms with Gasteiger partial charge in [0.15, 0.2) is 0 Å². The molecule has 23 heavy (non-hydrogen) atoms. The van der Waals surface area contributed by atoms with Gasteiger partial charge >= 0.3 is 11.9 Å². The van der Waals surface area contributed by atoms with E-state index in [0.717, 1.165) is 17.9 Å². The van der Waals surface area contributed by atoms with Gasteiger partial charge in [0, 0.05) is 12.2 Å². The second-order valence-corrected chi connectivity index (χ2v) is 8.41. The number of hydrogen-bond donors (Lipinski definition) is 0. The van der Waals surface area contributed by atoms with Crippen molar-refractivity contribution in [3.63, 3.8) is 0 Å². The molecule has 2 aliphatic carbocycles. The molecule has 3 rings (SSSR count). The average molecular weight is 340 g/mol. The molecule has 0 aromatic carbocycles. The van der Waals surface area contributed by atoms with E-state index in [1.165, 1.54) is 44.9 Å². The van der Waals surface area contributed by atoms with Crippen LogP contribution in [0.25, 0.3) is 0 Å². The topological polar surface area (TPSA) is 52.6 Å². The van der Waals surface area contributed by atoms with Crippen molar-refractivity contribution in [2.75, 3.05) is 18.3 Å². The van der Waals surface area contributed by atoms with Gasteiger partial charge in [0.25, 0.3) is 0 Å². The molecule has 4 nitrogen and oxygen atoms in total. The zero-order chi connectivity index (χ0) is 16.1. The lowest BCUT2D eigenvalue weighted by molar-refractivity contribution is -0.170. The van der Waals surface area contributed by atoms with Gasteiger partial charge < -0.3 is 9.47 Å². The van der Waals surface area contributed by atoms with Gasteiger partial charge in [0.2, 0.25) is 6.79 Å². The number of carbonyl (C=O) groups is 2. The van der Waals surface area contributed by atoms with Gasteiger partial charge in [0.1, 0.15) is 0 Å². The van der Waals surface area contributed by atoms with E-state index in [-0.39, 0.29) is 24.6 Å². The molecule has 3 fully saturated rings. The predicted octanol–water partition coefficient (Wildman–Crippen LogP) is 3.78. The van der Waals surface area contributed by atoms with E-state index >= 15 is 0 Å². The molecular formula is C18H28O4S. The Kier molecular flexibility index (Phi) is 6.26. The quantitative estimate of drug-likeness (QED) is 0.521. The van der Waals surface area contributed by atoms with Crippen LogP contribution < -0.4 is 0 Å². The number of hydrogen-bond acceptors (Lipinski definition) is 5. The summed E-state index contributed by atoms with van der Waals surface area (Å²) in [5.74, 6) is 3.33. The highest BCUT2D eigenvalue weighted by Crippen LogP contribution is 2.44. The number of esters is 2. The Bertz CT molecular complexity index is 409. The maximum atomic E-state index is 12.1. The van der Waals surface area contributed by atoms with Gasteiger partial charge in [-0.15, -0.1) is 0 Å². The minimum atomic E-state index is -0.214. The molecule has 0 bridgehead atoms. The Hall–Kier alpha value is -0.710. The zero-order valence-corrected chi connectivity index (χ0v) is 14.7. The van der Waals surface area contributed by atoms with Crippen molar-refractivity contribution < 1.29 is 19.1 Å². The summed E-state index contributed by atoms with van der Waals surface area (Å²) >= 11 is 1.78. The minimum Gasteiger partial charge on any atom is -0.428 e. The fourth-order valence-corrected chi connectivity index (χ4v) is 5.42. The fraction of sp³-hybridized carbons (Fsp3) is 0.889. The maximum absolute atomic E-state index is 12.1. The highest BCUT2D eigenvalue weighted by molar-refractivity contribution is 7.99. The van der Waals surface area contributed by atoms with E-state index in [1.54, 1.807) is 11.8 Å². The van der Waals surface area contributed by atoms with Crippen LogP contribution in [0.5, 0.6) is 0 Å². The Morgan fingerprint density at radius 3 is 2.22 bits per heavy atom. The van der Waals surface area contributed by atoms with Crippen molar-refractivity contribution in [2.24, 2.45) is 23.7 Å². The molecule has 5 heteroatoms. The monoisotopic (exact) mass is 340 g/mol. The summed E-state index contributed by atoms with van der Waals surface area (Å²) in [6, 6.07) is 0. The number of carbonyl (C=O) groups excluding carboxylic acids is 2. The summed E-state index contributed by atoms with van der Waals surface area (Å²) < 4.78 is 10.3. The molecule has 0 amide bonds. The van der Waals surface area contributed by atoms with Crippen LogP contribution in [0.1, 0.15) is 57.8 Å². The number of thioether (sulfide) groups is 1. The molecule has 130 valence electrons. The SMILES string of the molecule is O=C(CC(C1CCCC1)C1CCC1)OCOC(=O)C1CCSC1. The largest absolute Gasteiger partial charge is 0.428 e. The molecule has 2 atom stereocenters. The molecule has 1 aliphatic heterocycles. The van der Waals surface area contributed by atoms with Crippen molar-refractivity contribution in [3.8, 4) is 0 Å². The molecule has 0 N–H and O–H groups in total. The summed E-state index contributed by atoms with van der Waals surface area (Å²) in [4.78, 5) is 23.9. The molecule has 2 saturated carbocycles. The van der Waals surface area contributed by atoms with Gasteiger partial charge in [-0.2, -0.15) is 11.8 Å². The van der Waals surface area contributed by atoms with E-state index < -0.39 is 0 Å². The molecular weight excluding hydrogens is 312 g/mol. The van der Waals surface area contributed by atoms with Crippen LogP contribution in [0.4, 0.5) is 0 Å². The van der Waals surface area contributed by atoms with E-state index in [1.807, 2.05) is 0 Å². The standard InChI is InChI=1S/C18H28O4S/c19-17(21-12-22-18(20)15-8-9-23-11-15)10-16(14-6-3-7-14)13-4-1-2-5-13/h13-16H,1-12H2. The third-order valence-electron chi connectivity index (χ3n) is 5.85. The van der Waals surface area contributed by atoms with E-state index in [4.69, 9.17) is 9.47 Å². The minimum absolute atomic E-state index is 0.0140. The second-order valence-electron chi connectivity index (χ2n) is 7.26. The predicted molar refractivity (Wildman–Crippen MR) is 89.9 cm³/mol. The van der Waals surface area contributed by atoms with Crippen LogP contribution in [-0.4, -0.2) is 30.2 Å². The first-order valence-electron chi connectivity index (χ1n) is 9.14. The van der Waals surface area contributed by atoms with Crippen molar-refractivity contribution >= 4 is 23.7 Å². The Labute approximate surface area is 143 Å². The molecule has 0 spiro atoms. The van der Waals surface area contributed by atoms with Gasteiger partial charge in [-0.05, 0) is 29.9 Å². The molecule has 0 radical (unpaired) electrons. The molecule has 1 heterocycles. The van der Waals surface area contributed by atoms with Crippen LogP contribution in [0.3, 0.4) is 0 Å². The maximum Gasteiger partial charge on any atom is 0.312 e. The molecule has 0 aromatic heterocycles. The van der Waals surface area contributed by atoms with Crippen molar-refractivity contribution in [1.29, 1.82) is 0 Å². The normalized spacial score (nSPS) is 26.7. The molecule has 3 aliphatic rings. The van der Waals surface area contributed by atoms with E-state index in [0.29, 0.717) is 24.2 Å². The van der Waals surface area contributed by atoms with E-state index in [9.17, 15) is 9.59 Å². The van der Waals surface area contributed by atoms with Gasteiger partial charge in [0.05, 0.1) is 5.92 Å². The lowest BCUT2D eigenvalue weighted by Gasteiger charge is -2.37. The average Bonchev–Trinajstić information content (AvgIpc) is 3.18. The molecule has 0 aromatic rings. The summed E-state index contributed by atoms with van der Waals surface area (Å²) in [5, 5.41) is 0. The van der Waals surface area contributed by atoms with E-state index in [2.05, 4.69) is 0 Å². The molecule has 1 saturated heterocycles. The zero-order valence-electron chi connectivity index (χ0n) is 13.8. The third-order valence-corrected chi connectivity index (χ3v) is 7.01. The lowest BCUT2D eigenvalue weighted by atomic mass is 9.69. The van der Waals surface area contributed by atoms with Crippen molar-refractivity contribution in [1.82, 2.24) is 0 Å². The van der Waals surface area contributed by atoms with Crippen molar-refractivity contribution in [3.05, 3.63) is 0 Å². The van der Waals surface area contributed by atoms with Crippen LogP contribution in [0.2, 0.25) is 0 Å². The van der Waals surface area contributed by atoms with Gasteiger partial charge in [-0.3, -0.25) is 9.59 Å². The molecule has 2 unspecified atom stereocenters. The number of rotatable bonds is 7. The first-order valence-corrected chi connectivity index (χ1v) is 10.3. The highest BCUT2D eigenvalue weighted by Gasteiger charge is 2.36. The third kappa shape index (κ3) is 4.65. The fourth-order valence-electron chi connectivity index (χ4n) is 4.21. The van der Waals surface area contributed by atoms with Crippen LogP contribution >= 0.6 is 11.8 Å². The first kappa shape index (κ1) is 17.1. The lowest BCUT2D eigenvalue weighted by Crippen LogP contribution is -2.30. The highest BCUT2D eigenvalue weighted by atomic mass is 32.2. The summed E-state index contributed by atoms with van der Waals surface area (Å²) in [7, 11) is 0. The summed E-state index contributed by atoms with van der Waals surface area (Å²) in [5.41, 5.74) is 0. The Morgan fingerprint density at radius 2 is 1.65 bits per heavy atom. The Balaban J connectivity index is 1.39. The first-order chi connectivity index (χ1) is 11.2. The number of ether oxygens (including phenoxy) is 2. The summed E-state index contributed by atoms with van der Waals surface area (Å²) in [6.07, 6.45) is 10.4. The van der Waals surface area contributed by atoms with Crippen LogP contribution in [-0.2, 0) is 19.1 Å². The van der Waals surface area contributed by atoms with Gasteiger partial charge in [-0.25, -0.2) is 0 Å². The van der Waals surface area contributed by atoms with Crippen LogP contribution in [0.15, 0.2) is 0 Å².